The molecule has 64 valence electrons. The molecule has 0 heterocycles. The first-order chi connectivity index (χ1) is 5.57. The molecule has 0 N–H and O–H groups in total. The van der Waals surface area contributed by atoms with Gasteiger partial charge in [0.1, 0.15) is 0 Å². The van der Waals surface area contributed by atoms with E-state index in [2.05, 4.69) is 6.58 Å². The lowest BCUT2D eigenvalue weighted by atomic mass is 10.1. The Kier molecular flexibility index (Phi) is 2.13. The summed E-state index contributed by atoms with van der Waals surface area (Å²) in [4.78, 5) is 21.7. The standard InChI is InChI=1S/C9H10O3/c1-4-6-7(10)8(11)9(6)12-5(2)3/h4-5H,1H2,2-3H3. The molecule has 0 aliphatic rings. The molecule has 0 aliphatic heterocycles. The van der Waals surface area contributed by atoms with Crippen LogP contribution >= 0.6 is 0 Å². The van der Waals surface area contributed by atoms with Crippen molar-refractivity contribution in [1.29, 1.82) is 0 Å². The summed E-state index contributed by atoms with van der Waals surface area (Å²) in [7, 11) is 0. The lowest BCUT2D eigenvalue weighted by Gasteiger charge is -2.12. The van der Waals surface area contributed by atoms with Gasteiger partial charge in [0.15, 0.2) is 5.75 Å². The van der Waals surface area contributed by atoms with E-state index in [1.165, 1.54) is 6.08 Å². The topological polar surface area (TPSA) is 43.4 Å². The summed E-state index contributed by atoms with van der Waals surface area (Å²) in [5, 5.41) is 0. The van der Waals surface area contributed by atoms with Crippen molar-refractivity contribution in [3.8, 4) is 5.75 Å². The molecule has 1 aromatic rings. The van der Waals surface area contributed by atoms with E-state index in [1.54, 1.807) is 13.8 Å². The van der Waals surface area contributed by atoms with E-state index in [0.717, 1.165) is 0 Å². The first-order valence-corrected chi connectivity index (χ1v) is 3.70. The van der Waals surface area contributed by atoms with Crippen LogP contribution in [0.5, 0.6) is 5.75 Å². The second-order valence-corrected chi connectivity index (χ2v) is 2.77. The molecule has 0 saturated heterocycles. The Labute approximate surface area is 70.0 Å². The molecule has 0 fully saturated rings. The fourth-order valence-corrected chi connectivity index (χ4v) is 0.926. The Hall–Kier alpha value is -1.38. The molecule has 0 unspecified atom stereocenters. The molecule has 12 heavy (non-hydrogen) atoms. The summed E-state index contributed by atoms with van der Waals surface area (Å²) < 4.78 is 5.11. The third-order valence-corrected chi connectivity index (χ3v) is 1.46. The normalized spacial score (nSPS) is 10.6. The van der Waals surface area contributed by atoms with Gasteiger partial charge in [0.2, 0.25) is 5.43 Å². The van der Waals surface area contributed by atoms with Gasteiger partial charge in [-0.3, -0.25) is 9.59 Å². The van der Waals surface area contributed by atoms with E-state index in [9.17, 15) is 9.59 Å². The van der Waals surface area contributed by atoms with Crippen molar-refractivity contribution in [3.63, 3.8) is 0 Å². The fourth-order valence-electron chi connectivity index (χ4n) is 0.926. The largest absolute Gasteiger partial charge is 0.486 e. The third-order valence-electron chi connectivity index (χ3n) is 1.46. The monoisotopic (exact) mass is 166 g/mol. The van der Waals surface area contributed by atoms with Gasteiger partial charge >= 0.3 is 0 Å². The highest BCUT2D eigenvalue weighted by atomic mass is 16.5. The number of hydrogen-bond donors (Lipinski definition) is 0. The summed E-state index contributed by atoms with van der Waals surface area (Å²) in [6.45, 7) is 7.00. The quantitative estimate of drug-likeness (QED) is 0.621. The second kappa shape index (κ2) is 2.93. The predicted octanol–water partition coefficient (Wildman–Crippen LogP) is 0.713. The minimum atomic E-state index is -0.543. The minimum absolute atomic E-state index is 0.0907. The van der Waals surface area contributed by atoms with Crippen LogP contribution in [-0.4, -0.2) is 6.10 Å². The zero-order chi connectivity index (χ0) is 9.30. The molecule has 0 bridgehead atoms. The molecular weight excluding hydrogens is 156 g/mol. The van der Waals surface area contributed by atoms with E-state index >= 15 is 0 Å². The Morgan fingerprint density at radius 1 is 1.33 bits per heavy atom. The predicted molar refractivity (Wildman–Crippen MR) is 47.2 cm³/mol. The fraction of sp³-hybridized carbons (Fsp3) is 0.333. The van der Waals surface area contributed by atoms with Gasteiger partial charge in [0.25, 0.3) is 5.43 Å². The van der Waals surface area contributed by atoms with Crippen molar-refractivity contribution >= 4 is 6.08 Å². The highest BCUT2D eigenvalue weighted by Gasteiger charge is 2.20. The van der Waals surface area contributed by atoms with Crippen molar-refractivity contribution in [3.05, 3.63) is 32.6 Å². The van der Waals surface area contributed by atoms with Gasteiger partial charge < -0.3 is 4.74 Å². The maximum atomic E-state index is 10.9. The highest BCUT2D eigenvalue weighted by molar-refractivity contribution is 5.59. The maximum Gasteiger partial charge on any atom is 0.268 e. The van der Waals surface area contributed by atoms with E-state index in [-0.39, 0.29) is 11.9 Å². The molecule has 0 aliphatic carbocycles. The molecule has 3 heteroatoms. The van der Waals surface area contributed by atoms with Crippen LogP contribution < -0.4 is 15.6 Å². The van der Waals surface area contributed by atoms with Crippen molar-refractivity contribution in [2.75, 3.05) is 0 Å². The van der Waals surface area contributed by atoms with Crippen LogP contribution in [0.25, 0.3) is 6.08 Å². The molecule has 0 saturated carbocycles. The van der Waals surface area contributed by atoms with Crippen LogP contribution in [0.1, 0.15) is 19.4 Å². The molecule has 1 aromatic carbocycles. The summed E-state index contributed by atoms with van der Waals surface area (Å²) in [5.41, 5.74) is -0.743. The highest BCUT2D eigenvalue weighted by Crippen LogP contribution is 2.13. The van der Waals surface area contributed by atoms with Crippen LogP contribution in [-0.2, 0) is 0 Å². The Bertz CT molecular complexity index is 367. The average molecular weight is 166 g/mol. The van der Waals surface area contributed by atoms with Crippen LogP contribution in [0.3, 0.4) is 0 Å². The van der Waals surface area contributed by atoms with Crippen LogP contribution in [0.4, 0.5) is 0 Å². The van der Waals surface area contributed by atoms with Crippen molar-refractivity contribution in [2.45, 2.75) is 20.0 Å². The minimum Gasteiger partial charge on any atom is -0.486 e. The summed E-state index contributed by atoms with van der Waals surface area (Å²) in [5.74, 6) is 0.157. The lowest BCUT2D eigenvalue weighted by molar-refractivity contribution is 0.236. The Morgan fingerprint density at radius 2 is 1.92 bits per heavy atom. The molecular formula is C9H10O3. The van der Waals surface area contributed by atoms with Gasteiger partial charge in [-0.25, -0.2) is 0 Å². The number of hydrogen-bond acceptors (Lipinski definition) is 3. The van der Waals surface area contributed by atoms with Crippen LogP contribution in [0.2, 0.25) is 0 Å². The number of rotatable bonds is 3. The summed E-state index contributed by atoms with van der Waals surface area (Å²) in [6.07, 6.45) is 1.26. The Morgan fingerprint density at radius 3 is 2.33 bits per heavy atom. The van der Waals surface area contributed by atoms with Gasteiger partial charge in [-0.1, -0.05) is 12.7 Å². The smallest absolute Gasteiger partial charge is 0.268 e. The third kappa shape index (κ3) is 1.18. The van der Waals surface area contributed by atoms with Crippen molar-refractivity contribution in [2.24, 2.45) is 0 Å². The van der Waals surface area contributed by atoms with Crippen molar-refractivity contribution in [1.82, 2.24) is 0 Å². The SMILES string of the molecule is C=Cc1c(OC(C)C)c(=O)c1=O. The molecule has 0 amide bonds. The van der Waals surface area contributed by atoms with Crippen molar-refractivity contribution < 1.29 is 4.74 Å². The average Bonchev–Trinajstić information content (AvgIpc) is 2.03. The zero-order valence-corrected chi connectivity index (χ0v) is 7.09. The summed E-state index contributed by atoms with van der Waals surface area (Å²) >= 11 is 0. The lowest BCUT2D eigenvalue weighted by Crippen LogP contribution is -2.36. The van der Waals surface area contributed by atoms with Gasteiger partial charge in [-0.2, -0.15) is 0 Å². The van der Waals surface area contributed by atoms with E-state index in [0.29, 0.717) is 5.56 Å². The van der Waals surface area contributed by atoms with Crippen LogP contribution in [0.15, 0.2) is 16.2 Å². The molecule has 0 aromatic heterocycles. The number of ether oxygens (including phenoxy) is 1. The van der Waals surface area contributed by atoms with Crippen LogP contribution in [0, 0.1) is 0 Å². The molecule has 1 rings (SSSR count). The molecule has 3 nitrogen and oxygen atoms in total. The van der Waals surface area contributed by atoms with Gasteiger partial charge in [0.05, 0.1) is 11.7 Å². The van der Waals surface area contributed by atoms with E-state index < -0.39 is 10.9 Å². The maximum absolute atomic E-state index is 10.9. The Balaban J connectivity index is 3.02. The molecule has 0 radical (unpaired) electrons. The first-order valence-electron chi connectivity index (χ1n) is 3.70. The molecule has 0 atom stereocenters. The second-order valence-electron chi connectivity index (χ2n) is 2.77. The first kappa shape index (κ1) is 8.71. The summed E-state index contributed by atoms with van der Waals surface area (Å²) in [6, 6.07) is 0. The van der Waals surface area contributed by atoms with E-state index in [4.69, 9.17) is 4.74 Å². The zero-order valence-electron chi connectivity index (χ0n) is 7.09. The van der Waals surface area contributed by atoms with Gasteiger partial charge in [-0.05, 0) is 13.8 Å². The molecule has 0 spiro atoms. The van der Waals surface area contributed by atoms with Gasteiger partial charge in [-0.15, -0.1) is 0 Å². The van der Waals surface area contributed by atoms with E-state index in [1.807, 2.05) is 0 Å². The van der Waals surface area contributed by atoms with Gasteiger partial charge in [0, 0.05) is 0 Å².